The van der Waals surface area contributed by atoms with Gasteiger partial charge in [0.2, 0.25) is 0 Å². The van der Waals surface area contributed by atoms with E-state index < -0.39 is 15.7 Å². The highest BCUT2D eigenvalue weighted by Gasteiger charge is 2.26. The molecule has 0 saturated carbocycles. The smallest absolute Gasteiger partial charge is 0.263 e. The van der Waals surface area contributed by atoms with Crippen LogP contribution in [-0.4, -0.2) is 47.9 Å². The van der Waals surface area contributed by atoms with Crippen LogP contribution in [0.3, 0.4) is 0 Å². The van der Waals surface area contributed by atoms with Crippen molar-refractivity contribution >= 4 is 37.8 Å². The molecule has 0 saturated heterocycles. The van der Waals surface area contributed by atoms with Crippen LogP contribution < -0.4 is 16.4 Å². The topological polar surface area (TPSA) is 111 Å². The van der Waals surface area contributed by atoms with Gasteiger partial charge in [0.25, 0.3) is 5.91 Å². The molecule has 1 amide bonds. The fraction of sp³-hybridized carbons (Fsp3) is 0.500. The normalized spacial score (nSPS) is 11.3. The predicted molar refractivity (Wildman–Crippen MR) is 75.6 cm³/mol. The largest absolute Gasteiger partial charge is 0.396 e. The minimum absolute atomic E-state index is 0.0215. The molecule has 0 radical (unpaired) electrons. The van der Waals surface area contributed by atoms with Crippen LogP contribution in [0, 0.1) is 0 Å². The van der Waals surface area contributed by atoms with Gasteiger partial charge in [-0.1, -0.05) is 0 Å². The van der Waals surface area contributed by atoms with Crippen molar-refractivity contribution in [3.63, 3.8) is 0 Å². The summed E-state index contributed by atoms with van der Waals surface area (Å²) in [4.78, 5) is 11.8. The van der Waals surface area contributed by atoms with E-state index in [-0.39, 0.29) is 15.5 Å². The molecule has 1 rings (SSSR count). The molecular weight excluding hydrogens is 290 g/mol. The van der Waals surface area contributed by atoms with E-state index in [0.717, 1.165) is 17.6 Å². The lowest BCUT2D eigenvalue weighted by Crippen LogP contribution is -2.18. The molecule has 0 atom stereocenters. The highest BCUT2D eigenvalue weighted by molar-refractivity contribution is 7.91. The molecule has 0 aliphatic rings. The van der Waals surface area contributed by atoms with E-state index in [9.17, 15) is 13.2 Å². The summed E-state index contributed by atoms with van der Waals surface area (Å²) in [5.41, 5.74) is 5.75. The lowest BCUT2D eigenvalue weighted by Gasteiger charge is -2.05. The third-order valence-corrected chi connectivity index (χ3v) is 4.75. The summed E-state index contributed by atoms with van der Waals surface area (Å²) >= 11 is 1.01. The highest BCUT2D eigenvalue weighted by atomic mass is 32.2. The molecule has 0 fully saturated rings. The van der Waals surface area contributed by atoms with Crippen molar-refractivity contribution in [1.29, 1.82) is 0 Å². The maximum Gasteiger partial charge on any atom is 0.263 e. The lowest BCUT2D eigenvalue weighted by atomic mass is 10.3. The number of hydrogen-bond acceptors (Lipinski definition) is 7. The lowest BCUT2D eigenvalue weighted by molar-refractivity contribution is 0.0968. The number of hydrogen-bond donors (Lipinski definition) is 3. The fourth-order valence-corrected chi connectivity index (χ4v) is 4.00. The third kappa shape index (κ3) is 3.58. The second-order valence-electron chi connectivity index (χ2n) is 3.77. The second kappa shape index (κ2) is 6.22. The molecule has 0 aromatic carbocycles. The Morgan fingerprint density at radius 3 is 2.58 bits per heavy atom. The number of nitrogens with two attached hydrogens (primary N) is 1. The number of anilines is 2. The van der Waals surface area contributed by atoms with Crippen molar-refractivity contribution in [3.05, 3.63) is 4.88 Å². The van der Waals surface area contributed by atoms with Gasteiger partial charge in [-0.15, -0.1) is 11.3 Å². The van der Waals surface area contributed by atoms with Crippen LogP contribution in [0.25, 0.3) is 0 Å². The first kappa shape index (κ1) is 15.7. The second-order valence-corrected chi connectivity index (χ2v) is 6.75. The Morgan fingerprint density at radius 2 is 2.11 bits per heavy atom. The number of rotatable bonds is 6. The fourth-order valence-electron chi connectivity index (χ4n) is 1.46. The van der Waals surface area contributed by atoms with E-state index in [1.807, 2.05) is 0 Å². The first-order chi connectivity index (χ1) is 8.82. The molecule has 0 aliphatic heterocycles. The van der Waals surface area contributed by atoms with Gasteiger partial charge < -0.3 is 21.1 Å². The molecule has 19 heavy (non-hydrogen) atoms. The molecule has 1 heterocycles. The summed E-state index contributed by atoms with van der Waals surface area (Å²) in [5, 5.41) is 5.70. The van der Waals surface area contributed by atoms with Gasteiger partial charge in [0.15, 0.2) is 9.84 Å². The number of amides is 1. The Labute approximate surface area is 116 Å². The van der Waals surface area contributed by atoms with Crippen LogP contribution in [0.15, 0.2) is 4.90 Å². The Morgan fingerprint density at radius 1 is 1.47 bits per heavy atom. The van der Waals surface area contributed by atoms with Gasteiger partial charge in [-0.2, -0.15) is 0 Å². The standard InChI is InChI=1S/C10H17N3O4S2/c1-12-9(14)7-6(11)8(19(3,15)16)10(18-7)13-4-5-17-2/h13H,4-5,11H2,1-3H3,(H,12,14). The van der Waals surface area contributed by atoms with Gasteiger partial charge in [-0.25, -0.2) is 8.42 Å². The first-order valence-electron chi connectivity index (χ1n) is 5.40. The number of nitrogens with one attached hydrogen (secondary N) is 2. The number of methoxy groups -OCH3 is 1. The SMILES string of the molecule is CNC(=O)c1sc(NCCOC)c(S(C)(=O)=O)c1N. The van der Waals surface area contributed by atoms with E-state index in [2.05, 4.69) is 10.6 Å². The van der Waals surface area contributed by atoms with Crippen LogP contribution >= 0.6 is 11.3 Å². The molecule has 4 N–H and O–H groups in total. The van der Waals surface area contributed by atoms with Crippen LogP contribution in [0.1, 0.15) is 9.67 Å². The molecule has 0 aliphatic carbocycles. The number of nitrogen functional groups attached to an aromatic ring is 1. The molecule has 0 bridgehead atoms. The summed E-state index contributed by atoms with van der Waals surface area (Å²) in [7, 11) is -0.523. The van der Waals surface area contributed by atoms with Gasteiger partial charge in [0.1, 0.15) is 14.8 Å². The summed E-state index contributed by atoms with van der Waals surface area (Å²) in [6.07, 6.45) is 1.06. The van der Waals surface area contributed by atoms with E-state index in [0.29, 0.717) is 18.2 Å². The van der Waals surface area contributed by atoms with Crippen molar-refractivity contribution in [2.75, 3.05) is 44.6 Å². The first-order valence-corrected chi connectivity index (χ1v) is 8.11. The number of carbonyl (C=O) groups excluding carboxylic acids is 1. The Bertz CT molecular complexity index is 566. The van der Waals surface area contributed by atoms with Crippen molar-refractivity contribution in [1.82, 2.24) is 5.32 Å². The minimum atomic E-state index is -3.52. The quantitative estimate of drug-likeness (QED) is 0.645. The zero-order valence-electron chi connectivity index (χ0n) is 10.9. The molecule has 1 aromatic heterocycles. The van der Waals surface area contributed by atoms with E-state index in [1.54, 1.807) is 0 Å². The van der Waals surface area contributed by atoms with E-state index >= 15 is 0 Å². The van der Waals surface area contributed by atoms with Gasteiger partial charge in [-0.3, -0.25) is 4.79 Å². The van der Waals surface area contributed by atoms with Gasteiger partial charge >= 0.3 is 0 Å². The zero-order valence-corrected chi connectivity index (χ0v) is 12.6. The van der Waals surface area contributed by atoms with Crippen molar-refractivity contribution in [2.24, 2.45) is 0 Å². The number of ether oxygens (including phenoxy) is 1. The molecule has 0 unspecified atom stereocenters. The third-order valence-electron chi connectivity index (χ3n) is 2.30. The molecule has 7 nitrogen and oxygen atoms in total. The summed E-state index contributed by atoms with van der Waals surface area (Å²) < 4.78 is 28.4. The van der Waals surface area contributed by atoms with Crippen molar-refractivity contribution in [3.8, 4) is 0 Å². The van der Waals surface area contributed by atoms with Crippen molar-refractivity contribution < 1.29 is 17.9 Å². The summed E-state index contributed by atoms with van der Waals surface area (Å²) in [6.45, 7) is 0.836. The summed E-state index contributed by atoms with van der Waals surface area (Å²) in [5.74, 6) is -0.410. The maximum absolute atomic E-state index is 11.8. The summed E-state index contributed by atoms with van der Waals surface area (Å²) in [6, 6.07) is 0. The van der Waals surface area contributed by atoms with Crippen LogP contribution in [0.4, 0.5) is 10.7 Å². The number of sulfone groups is 1. The molecular formula is C10H17N3O4S2. The Balaban J connectivity index is 3.24. The number of carbonyl (C=O) groups is 1. The Kier molecular flexibility index (Phi) is 5.15. The van der Waals surface area contributed by atoms with E-state index in [4.69, 9.17) is 10.5 Å². The monoisotopic (exact) mass is 307 g/mol. The van der Waals surface area contributed by atoms with Crippen molar-refractivity contribution in [2.45, 2.75) is 4.90 Å². The maximum atomic E-state index is 11.8. The molecule has 9 heteroatoms. The van der Waals surface area contributed by atoms with Crippen LogP contribution in [0.2, 0.25) is 0 Å². The van der Waals surface area contributed by atoms with Gasteiger partial charge in [0.05, 0.1) is 12.3 Å². The molecule has 108 valence electrons. The Hall–Kier alpha value is -1.32. The number of thiophene rings is 1. The predicted octanol–water partition coefficient (Wildman–Crippen LogP) is 0.152. The van der Waals surface area contributed by atoms with Crippen LogP contribution in [0.5, 0.6) is 0 Å². The zero-order chi connectivity index (χ0) is 14.6. The average molecular weight is 307 g/mol. The van der Waals surface area contributed by atoms with Crippen LogP contribution in [-0.2, 0) is 14.6 Å². The molecule has 1 aromatic rings. The van der Waals surface area contributed by atoms with Gasteiger partial charge in [-0.05, 0) is 0 Å². The minimum Gasteiger partial charge on any atom is -0.396 e. The molecule has 0 spiro atoms. The van der Waals surface area contributed by atoms with Gasteiger partial charge in [0, 0.05) is 27.0 Å². The average Bonchev–Trinajstić information content (AvgIpc) is 2.65. The highest BCUT2D eigenvalue weighted by Crippen LogP contribution is 2.38. The van der Waals surface area contributed by atoms with E-state index in [1.165, 1.54) is 14.2 Å².